The zero-order valence-electron chi connectivity index (χ0n) is 13.9. The topological polar surface area (TPSA) is 38.2 Å². The molecule has 3 aromatic rings. The van der Waals surface area contributed by atoms with E-state index in [0.717, 1.165) is 41.0 Å². The van der Waals surface area contributed by atoms with Crippen LogP contribution in [0.25, 0.3) is 0 Å². The van der Waals surface area contributed by atoms with Crippen LogP contribution in [-0.2, 0) is 19.4 Å². The van der Waals surface area contributed by atoms with Gasteiger partial charge in [0.15, 0.2) is 0 Å². The summed E-state index contributed by atoms with van der Waals surface area (Å²) in [6.07, 6.45) is 1.67. The van der Waals surface area contributed by atoms with Crippen LogP contribution in [0.1, 0.15) is 21.7 Å². The number of anilines is 1. The van der Waals surface area contributed by atoms with Crippen LogP contribution in [0.2, 0.25) is 0 Å². The minimum Gasteiger partial charge on any atom is -0.497 e. The number of rotatable bonds is 4. The van der Waals surface area contributed by atoms with Crippen molar-refractivity contribution < 1.29 is 9.13 Å². The molecule has 25 heavy (non-hydrogen) atoms. The minimum atomic E-state index is -0.218. The van der Waals surface area contributed by atoms with Gasteiger partial charge in [-0.15, -0.1) is 10.2 Å². The number of aromatic nitrogens is 2. The number of halogens is 1. The highest BCUT2D eigenvalue weighted by atomic mass is 32.1. The maximum atomic E-state index is 13.0. The lowest BCUT2D eigenvalue weighted by Crippen LogP contribution is -2.30. The molecule has 0 amide bonds. The third kappa shape index (κ3) is 3.49. The molecular formula is C19H18FN3OS. The van der Waals surface area contributed by atoms with E-state index in [4.69, 9.17) is 4.74 Å². The number of hydrogen-bond acceptors (Lipinski definition) is 5. The SMILES string of the molecule is COc1ccc2c(c1)CN(c1nnc(Cc3ccc(F)cc3)s1)CC2. The summed E-state index contributed by atoms with van der Waals surface area (Å²) in [6, 6.07) is 12.8. The predicted octanol–water partition coefficient (Wildman–Crippen LogP) is 3.84. The van der Waals surface area contributed by atoms with Crippen LogP contribution >= 0.6 is 11.3 Å². The van der Waals surface area contributed by atoms with Gasteiger partial charge in [0.05, 0.1) is 7.11 Å². The maximum absolute atomic E-state index is 13.0. The summed E-state index contributed by atoms with van der Waals surface area (Å²) >= 11 is 1.60. The first-order chi connectivity index (χ1) is 12.2. The largest absolute Gasteiger partial charge is 0.497 e. The van der Waals surface area contributed by atoms with Crippen LogP contribution in [0.15, 0.2) is 42.5 Å². The first-order valence-corrected chi connectivity index (χ1v) is 9.00. The van der Waals surface area contributed by atoms with Crippen molar-refractivity contribution >= 4 is 16.5 Å². The Hall–Kier alpha value is -2.47. The molecule has 1 aromatic heterocycles. The van der Waals surface area contributed by atoms with Crippen LogP contribution < -0.4 is 9.64 Å². The van der Waals surface area contributed by atoms with Gasteiger partial charge < -0.3 is 9.64 Å². The summed E-state index contributed by atoms with van der Waals surface area (Å²) in [6.45, 7) is 1.75. The molecule has 0 spiro atoms. The van der Waals surface area contributed by atoms with Crippen LogP contribution in [0, 0.1) is 5.82 Å². The Morgan fingerprint density at radius 3 is 2.76 bits per heavy atom. The Kier molecular flexibility index (Phi) is 4.36. The van der Waals surface area contributed by atoms with E-state index in [0.29, 0.717) is 6.42 Å². The van der Waals surface area contributed by atoms with E-state index in [1.165, 1.54) is 23.3 Å². The second-order valence-corrected chi connectivity index (χ2v) is 7.13. The van der Waals surface area contributed by atoms with Crippen molar-refractivity contribution in [3.8, 4) is 5.75 Å². The van der Waals surface area contributed by atoms with Gasteiger partial charge in [-0.25, -0.2) is 4.39 Å². The molecule has 0 atom stereocenters. The molecule has 0 fully saturated rings. The fraction of sp³-hybridized carbons (Fsp3) is 0.263. The zero-order valence-corrected chi connectivity index (χ0v) is 14.7. The fourth-order valence-electron chi connectivity index (χ4n) is 3.04. The van der Waals surface area contributed by atoms with Gasteiger partial charge >= 0.3 is 0 Å². The molecule has 4 nitrogen and oxygen atoms in total. The summed E-state index contributed by atoms with van der Waals surface area (Å²) in [5.41, 5.74) is 3.69. The first kappa shape index (κ1) is 16.0. The predicted molar refractivity (Wildman–Crippen MR) is 96.9 cm³/mol. The molecule has 0 N–H and O–H groups in total. The van der Waals surface area contributed by atoms with Crippen molar-refractivity contribution in [2.24, 2.45) is 0 Å². The third-order valence-electron chi connectivity index (χ3n) is 4.42. The molecule has 2 aromatic carbocycles. The molecule has 4 rings (SSSR count). The van der Waals surface area contributed by atoms with E-state index in [1.54, 1.807) is 30.6 Å². The lowest BCUT2D eigenvalue weighted by Gasteiger charge is -2.28. The van der Waals surface area contributed by atoms with Gasteiger partial charge in [0.2, 0.25) is 5.13 Å². The van der Waals surface area contributed by atoms with Gasteiger partial charge in [-0.05, 0) is 47.4 Å². The van der Waals surface area contributed by atoms with Crippen LogP contribution in [0.4, 0.5) is 9.52 Å². The first-order valence-electron chi connectivity index (χ1n) is 8.19. The molecular weight excluding hydrogens is 337 g/mol. The summed E-state index contributed by atoms with van der Waals surface area (Å²) in [5.74, 6) is 0.666. The average molecular weight is 355 g/mol. The van der Waals surface area contributed by atoms with Gasteiger partial charge in [0.1, 0.15) is 16.6 Å². The van der Waals surface area contributed by atoms with Crippen LogP contribution in [-0.4, -0.2) is 23.9 Å². The highest BCUT2D eigenvalue weighted by molar-refractivity contribution is 7.15. The summed E-state index contributed by atoms with van der Waals surface area (Å²) < 4.78 is 18.3. The Bertz CT molecular complexity index is 879. The average Bonchev–Trinajstić information content (AvgIpc) is 3.11. The van der Waals surface area contributed by atoms with E-state index in [2.05, 4.69) is 27.2 Å². The second kappa shape index (κ2) is 6.80. The zero-order chi connectivity index (χ0) is 17.2. The van der Waals surface area contributed by atoms with E-state index < -0.39 is 0 Å². The molecule has 6 heteroatoms. The number of fused-ring (bicyclic) bond motifs is 1. The third-order valence-corrected chi connectivity index (χ3v) is 5.41. The smallest absolute Gasteiger partial charge is 0.208 e. The number of methoxy groups -OCH3 is 1. The molecule has 0 aliphatic carbocycles. The number of benzene rings is 2. The van der Waals surface area contributed by atoms with E-state index in [1.807, 2.05) is 6.07 Å². The van der Waals surface area contributed by atoms with Gasteiger partial charge in [-0.1, -0.05) is 29.5 Å². The monoisotopic (exact) mass is 355 g/mol. The highest BCUT2D eigenvalue weighted by Gasteiger charge is 2.20. The molecule has 0 unspecified atom stereocenters. The van der Waals surface area contributed by atoms with Crippen molar-refractivity contribution in [3.63, 3.8) is 0 Å². The standard InChI is InChI=1S/C19H18FN3OS/c1-24-17-7-4-14-8-9-23(12-15(14)11-17)19-22-21-18(25-19)10-13-2-5-16(20)6-3-13/h2-7,11H,8-10,12H2,1H3. The fourth-order valence-corrected chi connectivity index (χ4v) is 3.94. The van der Waals surface area contributed by atoms with E-state index in [9.17, 15) is 4.39 Å². The molecule has 0 saturated heterocycles. The highest BCUT2D eigenvalue weighted by Crippen LogP contribution is 2.29. The molecule has 0 bridgehead atoms. The molecule has 1 aliphatic rings. The van der Waals surface area contributed by atoms with Crippen molar-refractivity contribution in [2.45, 2.75) is 19.4 Å². The van der Waals surface area contributed by atoms with Crippen LogP contribution in [0.5, 0.6) is 5.75 Å². The maximum Gasteiger partial charge on any atom is 0.208 e. The van der Waals surface area contributed by atoms with Crippen molar-refractivity contribution in [2.75, 3.05) is 18.6 Å². The summed E-state index contributed by atoms with van der Waals surface area (Å²) in [4.78, 5) is 2.26. The molecule has 1 aliphatic heterocycles. The quantitative estimate of drug-likeness (QED) is 0.713. The van der Waals surface area contributed by atoms with Crippen molar-refractivity contribution in [1.82, 2.24) is 10.2 Å². The second-order valence-electron chi connectivity index (χ2n) is 6.09. The van der Waals surface area contributed by atoms with Gasteiger partial charge in [-0.2, -0.15) is 0 Å². The van der Waals surface area contributed by atoms with Gasteiger partial charge in [0, 0.05) is 19.5 Å². The summed E-state index contributed by atoms with van der Waals surface area (Å²) in [7, 11) is 1.69. The number of hydrogen-bond donors (Lipinski definition) is 0. The lowest BCUT2D eigenvalue weighted by atomic mass is 10.00. The minimum absolute atomic E-state index is 0.218. The van der Waals surface area contributed by atoms with Gasteiger partial charge in [-0.3, -0.25) is 0 Å². The molecule has 2 heterocycles. The normalized spacial score (nSPS) is 13.6. The van der Waals surface area contributed by atoms with E-state index in [-0.39, 0.29) is 5.82 Å². The van der Waals surface area contributed by atoms with Crippen LogP contribution in [0.3, 0.4) is 0 Å². The Balaban J connectivity index is 1.49. The molecule has 0 saturated carbocycles. The lowest BCUT2D eigenvalue weighted by molar-refractivity contribution is 0.413. The van der Waals surface area contributed by atoms with E-state index >= 15 is 0 Å². The number of nitrogens with zero attached hydrogens (tertiary/aromatic N) is 3. The molecule has 128 valence electrons. The number of ether oxygens (including phenoxy) is 1. The van der Waals surface area contributed by atoms with Gasteiger partial charge in [0.25, 0.3) is 0 Å². The Morgan fingerprint density at radius 2 is 1.96 bits per heavy atom. The Morgan fingerprint density at radius 1 is 1.12 bits per heavy atom. The van der Waals surface area contributed by atoms with Crippen molar-refractivity contribution in [1.29, 1.82) is 0 Å². The molecule has 0 radical (unpaired) electrons. The van der Waals surface area contributed by atoms with Crippen molar-refractivity contribution in [3.05, 3.63) is 70.0 Å². The Labute approximate surface area is 149 Å². The summed E-state index contributed by atoms with van der Waals surface area (Å²) in [5, 5.41) is 10.5.